The molecule has 1 saturated heterocycles. The molecule has 1 aliphatic heterocycles. The molecule has 0 aromatic rings. The molecule has 80 valence electrons. The third kappa shape index (κ3) is 2.61. The van der Waals surface area contributed by atoms with Gasteiger partial charge in [-0.1, -0.05) is 13.8 Å². The lowest BCUT2D eigenvalue weighted by Gasteiger charge is -2.15. The van der Waals surface area contributed by atoms with Gasteiger partial charge in [0.15, 0.2) is 0 Å². The molecule has 0 N–H and O–H groups in total. The minimum absolute atomic E-state index is 0.0438. The van der Waals surface area contributed by atoms with Crippen molar-refractivity contribution in [2.45, 2.75) is 38.9 Å². The predicted octanol–water partition coefficient (Wildman–Crippen LogP) is 1.25. The van der Waals surface area contributed by atoms with Crippen molar-refractivity contribution in [3.8, 4) is 0 Å². The summed E-state index contributed by atoms with van der Waals surface area (Å²) >= 11 is 0. The van der Waals surface area contributed by atoms with E-state index in [0.29, 0.717) is 0 Å². The second-order valence-electron chi connectivity index (χ2n) is 3.04. The third-order valence-electron chi connectivity index (χ3n) is 2.05. The van der Waals surface area contributed by atoms with Crippen LogP contribution in [0.25, 0.3) is 0 Å². The zero-order valence-electron chi connectivity index (χ0n) is 8.32. The van der Waals surface area contributed by atoms with Crippen molar-refractivity contribution in [3.05, 3.63) is 0 Å². The van der Waals surface area contributed by atoms with Crippen LogP contribution >= 0.6 is 0 Å². The highest BCUT2D eigenvalue weighted by Gasteiger charge is 2.33. The number of hydrogen-bond acceptors (Lipinski definition) is 5. The van der Waals surface area contributed by atoms with Gasteiger partial charge in [0.1, 0.15) is 12.7 Å². The summed E-state index contributed by atoms with van der Waals surface area (Å²) < 4.78 is 14.1. The Kier molecular flexibility index (Phi) is 3.73. The van der Waals surface area contributed by atoms with Gasteiger partial charge in [0, 0.05) is 0 Å². The number of cyclic esters (lactones) is 2. The summed E-state index contributed by atoms with van der Waals surface area (Å²) in [5, 5.41) is 0. The number of esters is 1. The Morgan fingerprint density at radius 2 is 2.21 bits per heavy atom. The Hall–Kier alpha value is -1.26. The van der Waals surface area contributed by atoms with Gasteiger partial charge in [-0.25, -0.2) is 9.59 Å². The molecule has 1 fully saturated rings. The van der Waals surface area contributed by atoms with Crippen molar-refractivity contribution in [1.29, 1.82) is 0 Å². The molecule has 1 unspecified atom stereocenters. The fraction of sp³-hybridized carbons (Fsp3) is 0.778. The Labute approximate surface area is 82.3 Å². The number of ether oxygens (including phenoxy) is 3. The van der Waals surface area contributed by atoms with E-state index in [9.17, 15) is 9.59 Å². The average Bonchev–Trinajstić information content (AvgIpc) is 2.61. The fourth-order valence-corrected chi connectivity index (χ4v) is 1.14. The molecule has 1 atom stereocenters. The molecule has 0 radical (unpaired) electrons. The Balaban J connectivity index is 2.38. The van der Waals surface area contributed by atoms with E-state index in [1.807, 2.05) is 13.8 Å². The summed E-state index contributed by atoms with van der Waals surface area (Å²) in [4.78, 5) is 21.9. The first-order valence-corrected chi connectivity index (χ1v) is 4.71. The molecule has 0 saturated carbocycles. The molecule has 0 aromatic heterocycles. The van der Waals surface area contributed by atoms with Gasteiger partial charge in [-0.2, -0.15) is 0 Å². The van der Waals surface area contributed by atoms with Gasteiger partial charge in [-0.05, 0) is 12.8 Å². The third-order valence-corrected chi connectivity index (χ3v) is 2.05. The van der Waals surface area contributed by atoms with E-state index in [-0.39, 0.29) is 12.7 Å². The number of carbonyl (C=O) groups excluding carboxylic acids is 2. The van der Waals surface area contributed by atoms with Crippen LogP contribution in [0.3, 0.4) is 0 Å². The van der Waals surface area contributed by atoms with Crippen LogP contribution in [0, 0.1) is 0 Å². The van der Waals surface area contributed by atoms with E-state index in [4.69, 9.17) is 4.74 Å². The SMILES string of the molecule is CCC(CC)OC(=O)C1COC(=O)O1. The zero-order valence-corrected chi connectivity index (χ0v) is 8.32. The molecule has 5 heteroatoms. The number of carbonyl (C=O) groups is 2. The van der Waals surface area contributed by atoms with Crippen molar-refractivity contribution in [2.75, 3.05) is 6.61 Å². The lowest BCUT2D eigenvalue weighted by molar-refractivity contribution is -0.157. The summed E-state index contributed by atoms with van der Waals surface area (Å²) in [5.41, 5.74) is 0. The second-order valence-corrected chi connectivity index (χ2v) is 3.04. The first-order chi connectivity index (χ1) is 6.67. The maximum atomic E-state index is 11.3. The highest BCUT2D eigenvalue weighted by molar-refractivity contribution is 5.79. The van der Waals surface area contributed by atoms with Gasteiger partial charge < -0.3 is 14.2 Å². The molecule has 14 heavy (non-hydrogen) atoms. The molecule has 1 heterocycles. The van der Waals surface area contributed by atoms with Crippen LogP contribution in [-0.4, -0.2) is 30.9 Å². The molecule has 0 aromatic carbocycles. The van der Waals surface area contributed by atoms with E-state index in [2.05, 4.69) is 9.47 Å². The summed E-state index contributed by atoms with van der Waals surface area (Å²) in [6.07, 6.45) is -0.297. The molecule has 1 aliphatic rings. The minimum atomic E-state index is -0.886. The quantitative estimate of drug-likeness (QED) is 0.642. The van der Waals surface area contributed by atoms with Gasteiger partial charge in [0.05, 0.1) is 0 Å². The molecular formula is C9H14O5. The van der Waals surface area contributed by atoms with Crippen LogP contribution in [0.15, 0.2) is 0 Å². The molecule has 5 nitrogen and oxygen atoms in total. The van der Waals surface area contributed by atoms with E-state index in [1.54, 1.807) is 0 Å². The number of rotatable bonds is 4. The van der Waals surface area contributed by atoms with Gasteiger partial charge in [0.25, 0.3) is 0 Å². The van der Waals surface area contributed by atoms with Crippen LogP contribution in [-0.2, 0) is 19.0 Å². The second kappa shape index (κ2) is 4.83. The minimum Gasteiger partial charge on any atom is -0.460 e. The largest absolute Gasteiger partial charge is 0.509 e. The summed E-state index contributed by atoms with van der Waals surface area (Å²) in [5.74, 6) is -0.524. The number of hydrogen-bond donors (Lipinski definition) is 0. The Morgan fingerprint density at radius 1 is 1.57 bits per heavy atom. The van der Waals surface area contributed by atoms with E-state index in [1.165, 1.54) is 0 Å². The first-order valence-electron chi connectivity index (χ1n) is 4.71. The van der Waals surface area contributed by atoms with E-state index < -0.39 is 18.2 Å². The molecule has 0 bridgehead atoms. The van der Waals surface area contributed by atoms with Crippen LogP contribution in [0.1, 0.15) is 26.7 Å². The first kappa shape index (κ1) is 10.8. The monoisotopic (exact) mass is 202 g/mol. The van der Waals surface area contributed by atoms with Crippen molar-refractivity contribution in [2.24, 2.45) is 0 Å². The van der Waals surface area contributed by atoms with Gasteiger partial charge >= 0.3 is 12.1 Å². The van der Waals surface area contributed by atoms with E-state index in [0.717, 1.165) is 12.8 Å². The molecule has 1 rings (SSSR count). The molecule has 0 aliphatic carbocycles. The highest BCUT2D eigenvalue weighted by Crippen LogP contribution is 2.11. The van der Waals surface area contributed by atoms with Gasteiger partial charge in [-0.3, -0.25) is 0 Å². The smallest absolute Gasteiger partial charge is 0.460 e. The lowest BCUT2D eigenvalue weighted by atomic mass is 10.2. The normalized spacial score (nSPS) is 20.5. The summed E-state index contributed by atoms with van der Waals surface area (Å²) in [6, 6.07) is 0. The molecule has 0 spiro atoms. The van der Waals surface area contributed by atoms with Crippen molar-refractivity contribution >= 4 is 12.1 Å². The van der Waals surface area contributed by atoms with Crippen molar-refractivity contribution in [3.63, 3.8) is 0 Å². The fourth-order valence-electron chi connectivity index (χ4n) is 1.14. The Bertz CT molecular complexity index is 221. The molecular weight excluding hydrogens is 188 g/mol. The van der Waals surface area contributed by atoms with Crippen LogP contribution in [0.4, 0.5) is 4.79 Å². The summed E-state index contributed by atoms with van der Waals surface area (Å²) in [7, 11) is 0. The van der Waals surface area contributed by atoms with Crippen molar-refractivity contribution < 1.29 is 23.8 Å². The van der Waals surface area contributed by atoms with Crippen LogP contribution < -0.4 is 0 Å². The maximum absolute atomic E-state index is 11.3. The van der Waals surface area contributed by atoms with Crippen LogP contribution in [0.2, 0.25) is 0 Å². The average molecular weight is 202 g/mol. The standard InChI is InChI=1S/C9H14O5/c1-3-6(4-2)13-8(10)7-5-12-9(11)14-7/h6-7H,3-5H2,1-2H3. The lowest BCUT2D eigenvalue weighted by Crippen LogP contribution is -2.29. The van der Waals surface area contributed by atoms with E-state index >= 15 is 0 Å². The van der Waals surface area contributed by atoms with Gasteiger partial charge in [0.2, 0.25) is 6.10 Å². The molecule has 0 amide bonds. The topological polar surface area (TPSA) is 61.8 Å². The zero-order chi connectivity index (χ0) is 10.6. The summed E-state index contributed by atoms with van der Waals surface area (Å²) in [6.45, 7) is 3.81. The van der Waals surface area contributed by atoms with Crippen molar-refractivity contribution in [1.82, 2.24) is 0 Å². The Morgan fingerprint density at radius 3 is 2.64 bits per heavy atom. The van der Waals surface area contributed by atoms with Crippen LogP contribution in [0.5, 0.6) is 0 Å². The highest BCUT2D eigenvalue weighted by atomic mass is 16.8. The maximum Gasteiger partial charge on any atom is 0.509 e. The van der Waals surface area contributed by atoms with Gasteiger partial charge in [-0.15, -0.1) is 0 Å². The predicted molar refractivity (Wildman–Crippen MR) is 46.7 cm³/mol.